The van der Waals surface area contributed by atoms with Crippen LogP contribution in [0.5, 0.6) is 0 Å². The molecule has 0 spiro atoms. The van der Waals surface area contributed by atoms with Crippen molar-refractivity contribution in [2.45, 2.75) is 6.54 Å². The Hall–Kier alpha value is -3.98. The van der Waals surface area contributed by atoms with E-state index in [1.807, 2.05) is 24.3 Å². The van der Waals surface area contributed by atoms with E-state index in [1.54, 1.807) is 29.2 Å². The van der Waals surface area contributed by atoms with E-state index in [9.17, 15) is 18.4 Å². The predicted molar refractivity (Wildman–Crippen MR) is 132 cm³/mol. The Balaban J connectivity index is 1.20. The van der Waals surface area contributed by atoms with Crippen LogP contribution >= 0.6 is 0 Å². The van der Waals surface area contributed by atoms with Crippen molar-refractivity contribution in [3.63, 3.8) is 0 Å². The monoisotopic (exact) mass is 479 g/mol. The maximum absolute atomic E-state index is 13.8. The smallest absolute Gasteiger partial charge is 0.322 e. The number of para-hydroxylation sites is 1. The van der Waals surface area contributed by atoms with Gasteiger partial charge in [0.15, 0.2) is 0 Å². The van der Waals surface area contributed by atoms with Gasteiger partial charge in [0.1, 0.15) is 11.6 Å². The van der Waals surface area contributed by atoms with Gasteiger partial charge in [-0.2, -0.15) is 0 Å². The summed E-state index contributed by atoms with van der Waals surface area (Å²) >= 11 is 0. The van der Waals surface area contributed by atoms with Gasteiger partial charge in [-0.3, -0.25) is 4.79 Å². The van der Waals surface area contributed by atoms with E-state index in [4.69, 9.17) is 0 Å². The molecule has 7 nitrogen and oxygen atoms in total. The van der Waals surface area contributed by atoms with Gasteiger partial charge in [-0.05, 0) is 54.1 Å². The molecule has 1 aliphatic rings. The molecule has 3 aromatic carbocycles. The molecule has 0 aromatic heterocycles. The highest BCUT2D eigenvalue weighted by atomic mass is 19.1. The van der Waals surface area contributed by atoms with Crippen LogP contribution in [0.4, 0.5) is 30.6 Å². The number of nitrogens with zero attached hydrogens (tertiary/aromatic N) is 2. The van der Waals surface area contributed by atoms with Crippen LogP contribution in [0.2, 0.25) is 0 Å². The van der Waals surface area contributed by atoms with Crippen LogP contribution in [0.25, 0.3) is 0 Å². The van der Waals surface area contributed by atoms with Gasteiger partial charge >= 0.3 is 6.03 Å². The van der Waals surface area contributed by atoms with Crippen molar-refractivity contribution < 1.29 is 18.4 Å². The minimum atomic E-state index is -0.463. The van der Waals surface area contributed by atoms with Gasteiger partial charge in [0, 0.05) is 44.1 Å². The Kier molecular flexibility index (Phi) is 7.89. The zero-order valence-corrected chi connectivity index (χ0v) is 19.1. The van der Waals surface area contributed by atoms with Crippen molar-refractivity contribution in [3.8, 4) is 0 Å². The van der Waals surface area contributed by atoms with Crippen LogP contribution in [0.3, 0.4) is 0 Å². The Morgan fingerprint density at radius 3 is 2.17 bits per heavy atom. The van der Waals surface area contributed by atoms with Crippen LogP contribution < -0.4 is 20.9 Å². The molecule has 0 saturated carbocycles. The van der Waals surface area contributed by atoms with E-state index in [0.29, 0.717) is 38.4 Å². The van der Waals surface area contributed by atoms with Crippen LogP contribution in [0.15, 0.2) is 72.8 Å². The predicted octanol–water partition coefficient (Wildman–Crippen LogP) is 4.05. The van der Waals surface area contributed by atoms with E-state index in [-0.39, 0.29) is 30.0 Å². The first-order chi connectivity index (χ1) is 17.0. The number of carbonyl (C=O) groups excluding carboxylic acids is 2. The fraction of sp³-hybridized carbons (Fsp3) is 0.231. The number of piperazine rings is 1. The summed E-state index contributed by atoms with van der Waals surface area (Å²) in [6.07, 6.45) is 0. The summed E-state index contributed by atoms with van der Waals surface area (Å²) < 4.78 is 26.7. The quantitative estimate of drug-likeness (QED) is 0.478. The van der Waals surface area contributed by atoms with Gasteiger partial charge in [-0.1, -0.05) is 24.3 Å². The van der Waals surface area contributed by atoms with Crippen molar-refractivity contribution in [1.82, 2.24) is 10.2 Å². The summed E-state index contributed by atoms with van der Waals surface area (Å²) in [5.74, 6) is -0.924. The third-order valence-electron chi connectivity index (χ3n) is 5.73. The zero-order valence-electron chi connectivity index (χ0n) is 19.1. The van der Waals surface area contributed by atoms with E-state index >= 15 is 0 Å². The highest BCUT2D eigenvalue weighted by molar-refractivity contribution is 5.92. The lowest BCUT2D eigenvalue weighted by molar-refractivity contribution is -0.115. The van der Waals surface area contributed by atoms with Crippen molar-refractivity contribution in [3.05, 3.63) is 90.0 Å². The minimum absolute atomic E-state index is 0.135. The number of hydrogen-bond acceptors (Lipinski definition) is 4. The molecule has 0 bridgehead atoms. The maximum atomic E-state index is 13.8. The standard InChI is InChI=1S/C26H27F2N5O2/c27-20-7-5-19(6-8-20)17-29-18-25(34)30-21-9-11-22(12-10-21)32-13-15-33(16-14-32)26(35)31-24-4-2-1-3-23(24)28/h1-12,29H,13-18H2,(H,30,34)(H,31,35). The summed E-state index contributed by atoms with van der Waals surface area (Å²) in [5, 5.41) is 8.50. The normalized spacial score (nSPS) is 13.4. The maximum Gasteiger partial charge on any atom is 0.322 e. The lowest BCUT2D eigenvalue weighted by Crippen LogP contribution is -2.50. The number of rotatable bonds is 7. The first kappa shape index (κ1) is 24.2. The summed E-state index contributed by atoms with van der Waals surface area (Å²) in [4.78, 5) is 28.5. The molecule has 3 N–H and O–H groups in total. The molecule has 0 atom stereocenters. The van der Waals surface area contributed by atoms with E-state index in [1.165, 1.54) is 24.3 Å². The molecule has 0 aliphatic carbocycles. The van der Waals surface area contributed by atoms with Gasteiger partial charge in [0.25, 0.3) is 0 Å². The largest absolute Gasteiger partial charge is 0.368 e. The molecule has 9 heteroatoms. The number of benzene rings is 3. The van der Waals surface area contributed by atoms with Gasteiger partial charge in [-0.25, -0.2) is 13.6 Å². The Morgan fingerprint density at radius 1 is 0.800 bits per heavy atom. The van der Waals surface area contributed by atoms with Crippen molar-refractivity contribution in [2.75, 3.05) is 48.3 Å². The fourth-order valence-corrected chi connectivity index (χ4v) is 3.81. The van der Waals surface area contributed by atoms with Crippen LogP contribution in [-0.4, -0.2) is 49.6 Å². The van der Waals surface area contributed by atoms with Crippen molar-refractivity contribution in [2.24, 2.45) is 0 Å². The molecule has 4 rings (SSSR count). The third-order valence-corrected chi connectivity index (χ3v) is 5.73. The summed E-state index contributed by atoms with van der Waals surface area (Å²) in [7, 11) is 0. The second-order valence-corrected chi connectivity index (χ2v) is 8.21. The number of hydrogen-bond donors (Lipinski definition) is 3. The molecule has 182 valence electrons. The molecule has 1 saturated heterocycles. The average molecular weight is 480 g/mol. The second kappa shape index (κ2) is 11.4. The van der Waals surface area contributed by atoms with Gasteiger partial charge in [0.05, 0.1) is 12.2 Å². The molecular formula is C26H27F2N5O2. The van der Waals surface area contributed by atoms with E-state index in [0.717, 1.165) is 11.3 Å². The number of halogens is 2. The summed E-state index contributed by atoms with van der Waals surface area (Å²) in [5.41, 5.74) is 2.74. The number of carbonyl (C=O) groups is 2. The van der Waals surface area contributed by atoms with Crippen LogP contribution in [-0.2, 0) is 11.3 Å². The molecule has 1 heterocycles. The van der Waals surface area contributed by atoms with Crippen LogP contribution in [0.1, 0.15) is 5.56 Å². The molecule has 1 fully saturated rings. The molecule has 0 radical (unpaired) electrons. The highest BCUT2D eigenvalue weighted by Crippen LogP contribution is 2.20. The highest BCUT2D eigenvalue weighted by Gasteiger charge is 2.22. The number of amides is 3. The molecule has 3 amide bonds. The van der Waals surface area contributed by atoms with E-state index < -0.39 is 5.82 Å². The minimum Gasteiger partial charge on any atom is -0.368 e. The zero-order chi connectivity index (χ0) is 24.6. The fourth-order valence-electron chi connectivity index (χ4n) is 3.81. The third kappa shape index (κ3) is 6.77. The van der Waals surface area contributed by atoms with Crippen LogP contribution in [0, 0.1) is 11.6 Å². The topological polar surface area (TPSA) is 76.7 Å². The average Bonchev–Trinajstić information content (AvgIpc) is 2.87. The first-order valence-corrected chi connectivity index (χ1v) is 11.4. The summed E-state index contributed by atoms with van der Waals surface area (Å²) in [6, 6.07) is 19.4. The summed E-state index contributed by atoms with van der Waals surface area (Å²) in [6.45, 7) is 2.91. The number of nitrogens with one attached hydrogen (secondary N) is 3. The second-order valence-electron chi connectivity index (χ2n) is 8.21. The number of anilines is 3. The number of urea groups is 1. The molecule has 0 unspecified atom stereocenters. The SMILES string of the molecule is O=C(CNCc1ccc(F)cc1)Nc1ccc(N2CCN(C(=O)Nc3ccccc3F)CC2)cc1. The van der Waals surface area contributed by atoms with Gasteiger partial charge in [0.2, 0.25) is 5.91 Å². The van der Waals surface area contributed by atoms with Crippen molar-refractivity contribution >= 4 is 29.0 Å². The Bertz CT molecular complexity index is 1150. The Labute approximate surface area is 202 Å². The lowest BCUT2D eigenvalue weighted by Gasteiger charge is -2.36. The van der Waals surface area contributed by atoms with Gasteiger partial charge < -0.3 is 25.8 Å². The lowest BCUT2D eigenvalue weighted by atomic mass is 10.2. The van der Waals surface area contributed by atoms with Gasteiger partial charge in [-0.15, -0.1) is 0 Å². The molecule has 1 aliphatic heterocycles. The molecular weight excluding hydrogens is 452 g/mol. The molecule has 35 heavy (non-hydrogen) atoms. The first-order valence-electron chi connectivity index (χ1n) is 11.4. The van der Waals surface area contributed by atoms with Crippen molar-refractivity contribution in [1.29, 1.82) is 0 Å². The Morgan fingerprint density at radius 2 is 1.49 bits per heavy atom. The molecule has 3 aromatic rings. The van der Waals surface area contributed by atoms with E-state index in [2.05, 4.69) is 20.9 Å².